The van der Waals surface area contributed by atoms with E-state index in [0.29, 0.717) is 23.0 Å². The molecule has 3 amide bonds. The van der Waals surface area contributed by atoms with Crippen molar-refractivity contribution in [3.05, 3.63) is 70.2 Å². The Morgan fingerprint density at radius 3 is 2.48 bits per heavy atom. The number of ether oxygens (including phenoxy) is 1. The first-order valence-corrected chi connectivity index (χ1v) is 9.79. The molecule has 0 aliphatic rings. The fraction of sp³-hybridized carbons (Fsp3) is 0.200. The van der Waals surface area contributed by atoms with E-state index < -0.39 is 0 Å². The molecular weight excluding hydrogens is 390 g/mol. The van der Waals surface area contributed by atoms with Crippen molar-refractivity contribution in [2.75, 3.05) is 19.0 Å². The van der Waals surface area contributed by atoms with Gasteiger partial charge in [-0.2, -0.15) is 0 Å². The zero-order chi connectivity index (χ0) is 20.5. The van der Waals surface area contributed by atoms with Crippen LogP contribution in [0.3, 0.4) is 0 Å². The second kappa shape index (κ2) is 10.2. The number of carbonyl (C=O) groups is 2. The van der Waals surface area contributed by atoms with Gasteiger partial charge in [0.05, 0.1) is 13.7 Å². The Kier molecular flexibility index (Phi) is 7.12. The monoisotopic (exact) mass is 411 g/mol. The van der Waals surface area contributed by atoms with Gasteiger partial charge in [-0.1, -0.05) is 41.7 Å². The summed E-state index contributed by atoms with van der Waals surface area (Å²) in [5.41, 5.74) is 1.79. The van der Waals surface area contributed by atoms with Crippen molar-refractivity contribution in [3.63, 3.8) is 0 Å². The number of hydrogen-bond acceptors (Lipinski definition) is 6. The Bertz CT molecular complexity index is 944. The van der Waals surface area contributed by atoms with Crippen LogP contribution in [0.5, 0.6) is 5.75 Å². The minimum Gasteiger partial charge on any atom is -0.497 e. The molecule has 0 fully saturated rings. The predicted molar refractivity (Wildman–Crippen MR) is 111 cm³/mol. The van der Waals surface area contributed by atoms with Gasteiger partial charge in [-0.3, -0.25) is 4.79 Å². The van der Waals surface area contributed by atoms with Gasteiger partial charge in [-0.05, 0) is 36.2 Å². The highest BCUT2D eigenvalue weighted by atomic mass is 32.1. The molecule has 9 heteroatoms. The standard InChI is InChI=1S/C20H21N5O3S/c1-28-16-9-7-15(8-10-16)23-18(26)19-25-24-17(29-19)13-22-20(27)21-12-11-14-5-3-2-4-6-14/h2-10H,11-13H2,1H3,(H,23,26)(H2,21,22,27). The Balaban J connectivity index is 1.42. The minimum absolute atomic E-state index is 0.199. The Morgan fingerprint density at radius 2 is 1.76 bits per heavy atom. The topological polar surface area (TPSA) is 105 Å². The van der Waals surface area contributed by atoms with E-state index in [2.05, 4.69) is 26.1 Å². The highest BCUT2D eigenvalue weighted by Crippen LogP contribution is 2.17. The van der Waals surface area contributed by atoms with E-state index in [1.54, 1.807) is 31.4 Å². The Labute approximate surface area is 172 Å². The summed E-state index contributed by atoms with van der Waals surface area (Å²) in [6.45, 7) is 0.728. The third kappa shape index (κ3) is 6.28. The van der Waals surface area contributed by atoms with Crippen molar-refractivity contribution in [1.29, 1.82) is 0 Å². The maximum Gasteiger partial charge on any atom is 0.315 e. The number of anilines is 1. The lowest BCUT2D eigenvalue weighted by atomic mass is 10.1. The van der Waals surface area contributed by atoms with Gasteiger partial charge < -0.3 is 20.7 Å². The minimum atomic E-state index is -0.355. The molecule has 1 heterocycles. The summed E-state index contributed by atoms with van der Waals surface area (Å²) in [6, 6.07) is 16.6. The van der Waals surface area contributed by atoms with Gasteiger partial charge in [-0.25, -0.2) is 4.79 Å². The van der Waals surface area contributed by atoms with E-state index in [4.69, 9.17) is 4.74 Å². The van der Waals surface area contributed by atoms with Crippen LogP contribution in [0.1, 0.15) is 20.4 Å². The molecule has 0 atom stereocenters. The van der Waals surface area contributed by atoms with Crippen LogP contribution in [0, 0.1) is 0 Å². The van der Waals surface area contributed by atoms with Crippen LogP contribution in [0.15, 0.2) is 54.6 Å². The Hall–Kier alpha value is -3.46. The van der Waals surface area contributed by atoms with E-state index in [1.807, 2.05) is 30.3 Å². The molecule has 0 aliphatic carbocycles. The molecule has 0 saturated carbocycles. The fourth-order valence-corrected chi connectivity index (χ4v) is 3.13. The molecule has 0 saturated heterocycles. The second-order valence-electron chi connectivity index (χ2n) is 6.03. The van der Waals surface area contributed by atoms with E-state index in [9.17, 15) is 9.59 Å². The summed E-state index contributed by atoms with van der Waals surface area (Å²) in [5, 5.41) is 16.9. The number of amides is 3. The van der Waals surface area contributed by atoms with Crippen molar-refractivity contribution in [1.82, 2.24) is 20.8 Å². The summed E-state index contributed by atoms with van der Waals surface area (Å²) < 4.78 is 5.08. The molecule has 150 valence electrons. The lowest BCUT2D eigenvalue weighted by molar-refractivity contribution is 0.102. The summed E-state index contributed by atoms with van der Waals surface area (Å²) in [7, 11) is 1.58. The molecule has 2 aromatic carbocycles. The third-order valence-electron chi connectivity index (χ3n) is 3.95. The largest absolute Gasteiger partial charge is 0.497 e. The van der Waals surface area contributed by atoms with E-state index in [0.717, 1.165) is 23.3 Å². The van der Waals surface area contributed by atoms with Crippen LogP contribution in [0.4, 0.5) is 10.5 Å². The lowest BCUT2D eigenvalue weighted by Crippen LogP contribution is -2.36. The van der Waals surface area contributed by atoms with Gasteiger partial charge in [0.1, 0.15) is 10.8 Å². The summed E-state index contributed by atoms with van der Waals surface area (Å²) in [5.74, 6) is 0.348. The predicted octanol–water partition coefficient (Wildman–Crippen LogP) is 2.84. The van der Waals surface area contributed by atoms with Gasteiger partial charge in [-0.15, -0.1) is 10.2 Å². The zero-order valence-electron chi connectivity index (χ0n) is 15.8. The van der Waals surface area contributed by atoms with E-state index in [1.165, 1.54) is 0 Å². The first-order chi connectivity index (χ1) is 14.1. The van der Waals surface area contributed by atoms with Crippen molar-refractivity contribution in [2.24, 2.45) is 0 Å². The molecule has 0 unspecified atom stereocenters. The molecule has 3 rings (SSSR count). The van der Waals surface area contributed by atoms with Gasteiger partial charge >= 0.3 is 6.03 Å². The first kappa shape index (κ1) is 20.3. The van der Waals surface area contributed by atoms with Crippen molar-refractivity contribution < 1.29 is 14.3 Å². The smallest absolute Gasteiger partial charge is 0.315 e. The molecule has 1 aromatic heterocycles. The van der Waals surface area contributed by atoms with Gasteiger partial charge in [0.2, 0.25) is 5.01 Å². The fourth-order valence-electron chi connectivity index (χ4n) is 2.46. The van der Waals surface area contributed by atoms with Gasteiger partial charge in [0.15, 0.2) is 0 Å². The molecule has 0 spiro atoms. The number of benzene rings is 2. The van der Waals surface area contributed by atoms with Gasteiger partial charge in [0, 0.05) is 12.2 Å². The first-order valence-electron chi connectivity index (χ1n) is 8.97. The quantitative estimate of drug-likeness (QED) is 0.529. The maximum absolute atomic E-state index is 12.3. The second-order valence-corrected chi connectivity index (χ2v) is 7.09. The SMILES string of the molecule is COc1ccc(NC(=O)c2nnc(CNC(=O)NCCc3ccccc3)s2)cc1. The molecule has 3 aromatic rings. The van der Waals surface area contributed by atoms with Crippen LogP contribution in [-0.4, -0.2) is 35.8 Å². The van der Waals surface area contributed by atoms with Crippen LogP contribution < -0.4 is 20.7 Å². The van der Waals surface area contributed by atoms with E-state index in [-0.39, 0.29) is 23.5 Å². The van der Waals surface area contributed by atoms with Crippen LogP contribution in [0.25, 0.3) is 0 Å². The molecular formula is C20H21N5O3S. The summed E-state index contributed by atoms with van der Waals surface area (Å²) >= 11 is 1.13. The number of urea groups is 1. The highest BCUT2D eigenvalue weighted by molar-refractivity contribution is 7.13. The van der Waals surface area contributed by atoms with Crippen molar-refractivity contribution in [2.45, 2.75) is 13.0 Å². The van der Waals surface area contributed by atoms with Crippen molar-refractivity contribution in [3.8, 4) is 5.75 Å². The van der Waals surface area contributed by atoms with Gasteiger partial charge in [0.25, 0.3) is 5.91 Å². The number of rotatable bonds is 8. The van der Waals surface area contributed by atoms with Crippen LogP contribution in [0.2, 0.25) is 0 Å². The number of hydrogen-bond donors (Lipinski definition) is 3. The lowest BCUT2D eigenvalue weighted by Gasteiger charge is -2.06. The number of aromatic nitrogens is 2. The van der Waals surface area contributed by atoms with Crippen LogP contribution in [-0.2, 0) is 13.0 Å². The number of nitrogens with one attached hydrogen (secondary N) is 3. The number of carbonyl (C=O) groups excluding carboxylic acids is 2. The molecule has 29 heavy (non-hydrogen) atoms. The molecule has 8 nitrogen and oxygen atoms in total. The third-order valence-corrected chi connectivity index (χ3v) is 4.87. The maximum atomic E-state index is 12.3. The van der Waals surface area contributed by atoms with Crippen LogP contribution >= 0.6 is 11.3 Å². The zero-order valence-corrected chi connectivity index (χ0v) is 16.7. The average molecular weight is 411 g/mol. The normalized spacial score (nSPS) is 10.2. The molecule has 0 radical (unpaired) electrons. The average Bonchev–Trinajstić information content (AvgIpc) is 3.23. The Morgan fingerprint density at radius 1 is 1.00 bits per heavy atom. The number of methoxy groups -OCH3 is 1. The van der Waals surface area contributed by atoms with Crippen molar-refractivity contribution >= 4 is 29.0 Å². The molecule has 0 bridgehead atoms. The molecule has 0 aliphatic heterocycles. The highest BCUT2D eigenvalue weighted by Gasteiger charge is 2.13. The summed E-state index contributed by atoms with van der Waals surface area (Å²) in [6.07, 6.45) is 0.753. The summed E-state index contributed by atoms with van der Waals surface area (Å²) in [4.78, 5) is 24.1. The molecule has 3 N–H and O–H groups in total. The van der Waals surface area contributed by atoms with E-state index >= 15 is 0 Å². The number of nitrogens with zero attached hydrogens (tertiary/aromatic N) is 2.